The molecule has 1 N–H and O–H groups in total. The second kappa shape index (κ2) is 6.55. The summed E-state index contributed by atoms with van der Waals surface area (Å²) in [4.78, 5) is 4.40. The minimum Gasteiger partial charge on any atom is -0.319 e. The van der Waals surface area contributed by atoms with Gasteiger partial charge in [-0.15, -0.1) is 0 Å². The molecule has 0 saturated heterocycles. The maximum absolute atomic E-state index is 13.3. The van der Waals surface area contributed by atoms with Crippen molar-refractivity contribution in [1.29, 1.82) is 0 Å². The molecular formula is C20H19N3O2S. The van der Waals surface area contributed by atoms with Gasteiger partial charge in [0, 0.05) is 17.8 Å². The summed E-state index contributed by atoms with van der Waals surface area (Å²) >= 11 is 0. The van der Waals surface area contributed by atoms with E-state index in [0.717, 1.165) is 34.7 Å². The molecular weight excluding hydrogens is 346 g/mol. The van der Waals surface area contributed by atoms with E-state index in [2.05, 4.69) is 10.3 Å². The van der Waals surface area contributed by atoms with Gasteiger partial charge in [-0.2, -0.15) is 0 Å². The molecule has 5 nitrogen and oxygen atoms in total. The van der Waals surface area contributed by atoms with Crippen LogP contribution < -0.4 is 5.32 Å². The van der Waals surface area contributed by atoms with Crippen LogP contribution in [0.4, 0.5) is 0 Å². The summed E-state index contributed by atoms with van der Waals surface area (Å²) in [7, 11) is -1.82. The molecule has 0 aliphatic carbocycles. The third-order valence-corrected chi connectivity index (χ3v) is 6.25. The van der Waals surface area contributed by atoms with Crippen molar-refractivity contribution in [3.63, 3.8) is 0 Å². The summed E-state index contributed by atoms with van der Waals surface area (Å²) in [6.07, 6.45) is 5.76. The normalized spacial score (nSPS) is 12.0. The Kier molecular flexibility index (Phi) is 4.22. The van der Waals surface area contributed by atoms with Crippen molar-refractivity contribution in [2.45, 2.75) is 11.3 Å². The Labute approximate surface area is 152 Å². The Balaban J connectivity index is 1.89. The van der Waals surface area contributed by atoms with Crippen LogP contribution in [0.5, 0.6) is 0 Å². The molecule has 2 aromatic heterocycles. The lowest BCUT2D eigenvalue weighted by Gasteiger charge is -2.08. The van der Waals surface area contributed by atoms with E-state index < -0.39 is 10.0 Å². The molecule has 0 atom stereocenters. The van der Waals surface area contributed by atoms with Crippen LogP contribution in [0.25, 0.3) is 21.7 Å². The molecule has 0 saturated carbocycles. The molecule has 0 aliphatic heterocycles. The van der Waals surface area contributed by atoms with Gasteiger partial charge in [-0.05, 0) is 54.5 Å². The molecule has 132 valence electrons. The summed E-state index contributed by atoms with van der Waals surface area (Å²) in [5.74, 6) is 0. The van der Waals surface area contributed by atoms with Gasteiger partial charge in [0.15, 0.2) is 0 Å². The molecule has 2 heterocycles. The van der Waals surface area contributed by atoms with Gasteiger partial charge < -0.3 is 5.32 Å². The van der Waals surface area contributed by atoms with Gasteiger partial charge in [0.2, 0.25) is 0 Å². The third kappa shape index (κ3) is 2.77. The summed E-state index contributed by atoms with van der Waals surface area (Å²) in [6, 6.07) is 14.8. The minimum absolute atomic E-state index is 0.275. The van der Waals surface area contributed by atoms with E-state index in [4.69, 9.17) is 0 Å². The van der Waals surface area contributed by atoms with Gasteiger partial charge in [0.05, 0.1) is 16.6 Å². The molecule has 4 aromatic rings. The molecule has 0 amide bonds. The fourth-order valence-corrected chi connectivity index (χ4v) is 4.63. The fraction of sp³-hybridized carbons (Fsp3) is 0.150. The maximum atomic E-state index is 13.3. The summed E-state index contributed by atoms with van der Waals surface area (Å²) in [6.45, 7) is 0.775. The van der Waals surface area contributed by atoms with Crippen LogP contribution in [-0.2, 0) is 16.4 Å². The standard InChI is InChI=1S/C20H19N3O2S/c1-21-10-8-17-14-23(20-13-22-11-9-19(17)20)26(24,25)18-7-6-15-4-2-3-5-16(15)12-18/h2-7,9,11-14,21H,8,10H2,1H3. The maximum Gasteiger partial charge on any atom is 0.268 e. The largest absolute Gasteiger partial charge is 0.319 e. The zero-order valence-corrected chi connectivity index (χ0v) is 15.2. The van der Waals surface area contributed by atoms with Gasteiger partial charge in [-0.1, -0.05) is 30.3 Å². The van der Waals surface area contributed by atoms with E-state index in [1.807, 2.05) is 43.4 Å². The van der Waals surface area contributed by atoms with Gasteiger partial charge in [-0.3, -0.25) is 4.98 Å². The molecule has 0 aliphatic rings. The van der Waals surface area contributed by atoms with E-state index in [1.54, 1.807) is 30.7 Å². The molecule has 0 bridgehead atoms. The number of hydrogen-bond acceptors (Lipinski definition) is 4. The van der Waals surface area contributed by atoms with Crippen LogP contribution in [0.2, 0.25) is 0 Å². The Morgan fingerprint density at radius 3 is 2.69 bits per heavy atom. The lowest BCUT2D eigenvalue weighted by atomic mass is 10.1. The van der Waals surface area contributed by atoms with E-state index in [0.29, 0.717) is 5.52 Å². The molecule has 6 heteroatoms. The van der Waals surface area contributed by atoms with Crippen LogP contribution in [0.3, 0.4) is 0 Å². The van der Waals surface area contributed by atoms with Crippen molar-refractivity contribution in [1.82, 2.24) is 14.3 Å². The van der Waals surface area contributed by atoms with Crippen LogP contribution in [0, 0.1) is 0 Å². The number of hydrogen-bond donors (Lipinski definition) is 1. The quantitative estimate of drug-likeness (QED) is 0.590. The lowest BCUT2D eigenvalue weighted by Crippen LogP contribution is -2.12. The Hall–Kier alpha value is -2.70. The second-order valence-corrected chi connectivity index (χ2v) is 8.03. The lowest BCUT2D eigenvalue weighted by molar-refractivity contribution is 0.589. The number of likely N-dealkylation sites (N-methyl/N-ethyl adjacent to an activating group) is 1. The zero-order valence-electron chi connectivity index (χ0n) is 14.4. The highest BCUT2D eigenvalue weighted by atomic mass is 32.2. The third-order valence-electron chi connectivity index (χ3n) is 4.58. The van der Waals surface area contributed by atoms with Crippen molar-refractivity contribution in [3.8, 4) is 0 Å². The number of aromatic nitrogens is 2. The van der Waals surface area contributed by atoms with E-state index in [1.165, 1.54) is 3.97 Å². The van der Waals surface area contributed by atoms with Crippen LogP contribution >= 0.6 is 0 Å². The van der Waals surface area contributed by atoms with Crippen molar-refractivity contribution >= 4 is 31.7 Å². The van der Waals surface area contributed by atoms with E-state index in [9.17, 15) is 8.42 Å². The Bertz CT molecular complexity index is 1200. The first-order valence-corrected chi connectivity index (χ1v) is 9.88. The van der Waals surface area contributed by atoms with Crippen molar-refractivity contribution < 1.29 is 8.42 Å². The highest BCUT2D eigenvalue weighted by Crippen LogP contribution is 2.27. The SMILES string of the molecule is CNCCc1cn(S(=O)(=O)c2ccc3ccccc3c2)c2cnccc12. The van der Waals surface area contributed by atoms with Crippen molar-refractivity contribution in [2.24, 2.45) is 0 Å². The monoisotopic (exact) mass is 365 g/mol. The Morgan fingerprint density at radius 1 is 1.08 bits per heavy atom. The predicted octanol–water partition coefficient (Wildman–Crippen LogP) is 3.19. The summed E-state index contributed by atoms with van der Waals surface area (Å²) in [5, 5.41) is 5.94. The van der Waals surface area contributed by atoms with E-state index >= 15 is 0 Å². The summed E-state index contributed by atoms with van der Waals surface area (Å²) < 4.78 is 27.9. The van der Waals surface area contributed by atoms with Crippen molar-refractivity contribution in [3.05, 3.63) is 72.7 Å². The van der Waals surface area contributed by atoms with Gasteiger partial charge in [0.25, 0.3) is 10.0 Å². The number of nitrogens with one attached hydrogen (secondary N) is 1. The molecule has 0 unspecified atom stereocenters. The van der Waals surface area contributed by atoms with Gasteiger partial charge >= 0.3 is 0 Å². The van der Waals surface area contributed by atoms with E-state index in [-0.39, 0.29) is 4.90 Å². The average Bonchev–Trinajstić information content (AvgIpc) is 3.05. The number of rotatable bonds is 5. The smallest absolute Gasteiger partial charge is 0.268 e. The number of nitrogens with zero attached hydrogens (tertiary/aromatic N) is 2. The second-order valence-electron chi connectivity index (χ2n) is 6.21. The first-order chi connectivity index (χ1) is 12.6. The Morgan fingerprint density at radius 2 is 1.88 bits per heavy atom. The predicted molar refractivity (Wildman–Crippen MR) is 104 cm³/mol. The number of fused-ring (bicyclic) bond motifs is 2. The topological polar surface area (TPSA) is 64.0 Å². The van der Waals surface area contributed by atoms with Crippen LogP contribution in [-0.4, -0.2) is 31.0 Å². The van der Waals surface area contributed by atoms with Gasteiger partial charge in [0.1, 0.15) is 0 Å². The number of pyridine rings is 1. The molecule has 0 fully saturated rings. The van der Waals surface area contributed by atoms with Crippen LogP contribution in [0.15, 0.2) is 72.0 Å². The molecule has 4 rings (SSSR count). The average molecular weight is 365 g/mol. The molecule has 2 aromatic carbocycles. The van der Waals surface area contributed by atoms with Crippen molar-refractivity contribution in [2.75, 3.05) is 13.6 Å². The highest BCUT2D eigenvalue weighted by Gasteiger charge is 2.21. The molecule has 0 spiro atoms. The summed E-state index contributed by atoms with van der Waals surface area (Å²) in [5.41, 5.74) is 1.59. The van der Waals surface area contributed by atoms with Gasteiger partial charge in [-0.25, -0.2) is 12.4 Å². The molecule has 0 radical (unpaired) electrons. The molecule has 26 heavy (non-hydrogen) atoms. The van der Waals surface area contributed by atoms with Crippen LogP contribution in [0.1, 0.15) is 5.56 Å². The fourth-order valence-electron chi connectivity index (χ4n) is 3.21. The number of benzene rings is 2. The first kappa shape index (κ1) is 16.8. The first-order valence-electron chi connectivity index (χ1n) is 8.44. The minimum atomic E-state index is -3.70. The zero-order chi connectivity index (χ0) is 18.1. The highest BCUT2D eigenvalue weighted by molar-refractivity contribution is 7.90.